The summed E-state index contributed by atoms with van der Waals surface area (Å²) in [6.07, 6.45) is 3.10. The van der Waals surface area contributed by atoms with Gasteiger partial charge in [-0.25, -0.2) is 0 Å². The lowest BCUT2D eigenvalue weighted by atomic mass is 9.87. The number of carbonyl (C=O) groups excluding carboxylic acids is 2. The van der Waals surface area contributed by atoms with Gasteiger partial charge in [0, 0.05) is 6.92 Å². The highest BCUT2D eigenvalue weighted by molar-refractivity contribution is 5.87. The lowest BCUT2D eigenvalue weighted by Crippen LogP contribution is -2.50. The van der Waals surface area contributed by atoms with E-state index in [-0.39, 0.29) is 23.8 Å². The number of amides is 2. The zero-order valence-corrected chi connectivity index (χ0v) is 13.0. The third-order valence-electron chi connectivity index (χ3n) is 3.99. The van der Waals surface area contributed by atoms with Crippen LogP contribution in [0, 0.1) is 5.92 Å². The van der Waals surface area contributed by atoms with Crippen molar-refractivity contribution in [1.82, 2.24) is 10.6 Å². The monoisotopic (exact) mass is 288 g/mol. The Morgan fingerprint density at radius 3 is 2.62 bits per heavy atom. The van der Waals surface area contributed by atoms with Crippen LogP contribution in [0.1, 0.15) is 50.8 Å². The molecule has 0 fully saturated rings. The van der Waals surface area contributed by atoms with Gasteiger partial charge in [-0.1, -0.05) is 38.1 Å². The maximum absolute atomic E-state index is 12.5. The second-order valence-corrected chi connectivity index (χ2v) is 6.07. The van der Waals surface area contributed by atoms with E-state index < -0.39 is 6.04 Å². The normalized spacial score (nSPS) is 18.8. The topological polar surface area (TPSA) is 58.2 Å². The molecule has 2 atom stereocenters. The summed E-state index contributed by atoms with van der Waals surface area (Å²) >= 11 is 0. The van der Waals surface area contributed by atoms with E-state index >= 15 is 0 Å². The molecule has 0 saturated heterocycles. The Morgan fingerprint density at radius 1 is 1.24 bits per heavy atom. The van der Waals surface area contributed by atoms with Gasteiger partial charge in [0.15, 0.2) is 0 Å². The SMILES string of the molecule is CC(=O)N[C@@H](C(=O)N[C@H]1CCCc2ccccc21)C(C)C. The van der Waals surface area contributed by atoms with Crippen molar-refractivity contribution in [3.8, 4) is 0 Å². The molecule has 0 heterocycles. The fourth-order valence-electron chi connectivity index (χ4n) is 2.92. The van der Waals surface area contributed by atoms with Crippen molar-refractivity contribution in [1.29, 1.82) is 0 Å². The molecule has 21 heavy (non-hydrogen) atoms. The number of benzene rings is 1. The van der Waals surface area contributed by atoms with Crippen LogP contribution < -0.4 is 10.6 Å². The molecule has 114 valence electrons. The summed E-state index contributed by atoms with van der Waals surface area (Å²) in [5.74, 6) is -0.206. The van der Waals surface area contributed by atoms with E-state index in [0.29, 0.717) is 0 Å². The van der Waals surface area contributed by atoms with Gasteiger partial charge in [0.05, 0.1) is 6.04 Å². The van der Waals surface area contributed by atoms with Gasteiger partial charge >= 0.3 is 0 Å². The Morgan fingerprint density at radius 2 is 1.95 bits per heavy atom. The molecule has 0 bridgehead atoms. The molecular formula is C17H24N2O2. The average Bonchev–Trinajstić information content (AvgIpc) is 2.44. The standard InChI is InChI=1S/C17H24N2O2/c1-11(2)16(18-12(3)20)17(21)19-15-10-6-8-13-7-4-5-9-14(13)15/h4-5,7,9,11,15-16H,6,8,10H2,1-3H3,(H,18,20)(H,19,21)/t15-,16+/m0/s1. The number of rotatable bonds is 4. The molecule has 1 aromatic rings. The van der Waals surface area contributed by atoms with Gasteiger partial charge in [0.1, 0.15) is 6.04 Å². The van der Waals surface area contributed by atoms with Crippen LogP contribution in [0.5, 0.6) is 0 Å². The minimum absolute atomic E-state index is 0.0532. The molecule has 2 N–H and O–H groups in total. The lowest BCUT2D eigenvalue weighted by Gasteiger charge is -2.29. The molecule has 2 rings (SSSR count). The predicted octanol–water partition coefficient (Wildman–Crippen LogP) is 2.34. The Labute approximate surface area is 126 Å². The smallest absolute Gasteiger partial charge is 0.243 e. The van der Waals surface area contributed by atoms with Crippen LogP contribution in [-0.4, -0.2) is 17.9 Å². The zero-order valence-electron chi connectivity index (χ0n) is 13.0. The highest BCUT2D eigenvalue weighted by Gasteiger charge is 2.27. The van der Waals surface area contributed by atoms with Crippen molar-refractivity contribution < 1.29 is 9.59 Å². The van der Waals surface area contributed by atoms with Gasteiger partial charge in [-0.3, -0.25) is 9.59 Å². The first-order valence-electron chi connectivity index (χ1n) is 7.64. The van der Waals surface area contributed by atoms with Crippen LogP contribution in [0.2, 0.25) is 0 Å². The van der Waals surface area contributed by atoms with Crippen molar-refractivity contribution in [3.05, 3.63) is 35.4 Å². The number of carbonyl (C=O) groups is 2. The summed E-state index contributed by atoms with van der Waals surface area (Å²) in [5.41, 5.74) is 2.53. The quantitative estimate of drug-likeness (QED) is 0.893. The largest absolute Gasteiger partial charge is 0.347 e. The first-order chi connectivity index (χ1) is 9.99. The summed E-state index contributed by atoms with van der Waals surface area (Å²) in [7, 11) is 0. The third kappa shape index (κ3) is 3.84. The minimum Gasteiger partial charge on any atom is -0.347 e. The minimum atomic E-state index is -0.475. The first-order valence-corrected chi connectivity index (χ1v) is 7.64. The summed E-state index contributed by atoms with van der Waals surface area (Å²) in [6.45, 7) is 5.32. The predicted molar refractivity (Wildman–Crippen MR) is 82.7 cm³/mol. The van der Waals surface area contributed by atoms with Gasteiger partial charge in [0.25, 0.3) is 0 Å². The first kappa shape index (κ1) is 15.5. The molecule has 0 aliphatic heterocycles. The number of aryl methyl sites for hydroxylation is 1. The Bertz CT molecular complexity index is 525. The number of fused-ring (bicyclic) bond motifs is 1. The molecule has 0 spiro atoms. The molecule has 1 aliphatic rings. The van der Waals surface area contributed by atoms with Gasteiger partial charge < -0.3 is 10.6 Å². The van der Waals surface area contributed by atoms with Crippen molar-refractivity contribution in [2.45, 2.75) is 52.1 Å². The van der Waals surface area contributed by atoms with Gasteiger partial charge in [-0.2, -0.15) is 0 Å². The fraction of sp³-hybridized carbons (Fsp3) is 0.529. The van der Waals surface area contributed by atoms with Crippen molar-refractivity contribution in [3.63, 3.8) is 0 Å². The second-order valence-electron chi connectivity index (χ2n) is 6.07. The van der Waals surface area contributed by atoms with E-state index in [9.17, 15) is 9.59 Å². The third-order valence-corrected chi connectivity index (χ3v) is 3.99. The molecule has 0 saturated carbocycles. The van der Waals surface area contributed by atoms with Crippen molar-refractivity contribution >= 4 is 11.8 Å². The fourth-order valence-corrected chi connectivity index (χ4v) is 2.92. The maximum Gasteiger partial charge on any atom is 0.243 e. The maximum atomic E-state index is 12.5. The molecular weight excluding hydrogens is 264 g/mol. The van der Waals surface area contributed by atoms with Crippen LogP contribution in [0.25, 0.3) is 0 Å². The van der Waals surface area contributed by atoms with Crippen LogP contribution >= 0.6 is 0 Å². The molecule has 2 amide bonds. The number of hydrogen-bond donors (Lipinski definition) is 2. The highest BCUT2D eigenvalue weighted by Crippen LogP contribution is 2.29. The summed E-state index contributed by atoms with van der Waals surface area (Å²) in [5, 5.41) is 5.85. The highest BCUT2D eigenvalue weighted by atomic mass is 16.2. The molecule has 1 aliphatic carbocycles. The van der Waals surface area contributed by atoms with E-state index in [1.165, 1.54) is 18.1 Å². The van der Waals surface area contributed by atoms with E-state index in [0.717, 1.165) is 19.3 Å². The van der Waals surface area contributed by atoms with E-state index in [1.807, 2.05) is 26.0 Å². The Hall–Kier alpha value is -1.84. The van der Waals surface area contributed by atoms with Crippen LogP contribution in [-0.2, 0) is 16.0 Å². The van der Waals surface area contributed by atoms with Crippen LogP contribution in [0.15, 0.2) is 24.3 Å². The summed E-state index contributed by atoms with van der Waals surface area (Å²) < 4.78 is 0. The van der Waals surface area contributed by atoms with Gasteiger partial charge in [0.2, 0.25) is 11.8 Å². The Kier molecular flexibility index (Phi) is 4.99. The summed E-state index contributed by atoms with van der Waals surface area (Å²) in [4.78, 5) is 23.7. The molecule has 0 unspecified atom stereocenters. The van der Waals surface area contributed by atoms with E-state index in [1.54, 1.807) is 0 Å². The second kappa shape index (κ2) is 6.74. The number of hydrogen-bond acceptors (Lipinski definition) is 2. The van der Waals surface area contributed by atoms with Gasteiger partial charge in [-0.15, -0.1) is 0 Å². The lowest BCUT2D eigenvalue weighted by molar-refractivity contribution is -0.129. The van der Waals surface area contributed by atoms with E-state index in [4.69, 9.17) is 0 Å². The number of nitrogens with one attached hydrogen (secondary N) is 2. The summed E-state index contributed by atoms with van der Waals surface area (Å²) in [6, 6.07) is 7.84. The zero-order chi connectivity index (χ0) is 15.4. The average molecular weight is 288 g/mol. The molecule has 4 heteroatoms. The Balaban J connectivity index is 2.10. The van der Waals surface area contributed by atoms with Crippen LogP contribution in [0.3, 0.4) is 0 Å². The molecule has 4 nitrogen and oxygen atoms in total. The molecule has 0 aromatic heterocycles. The van der Waals surface area contributed by atoms with E-state index in [2.05, 4.69) is 22.8 Å². The van der Waals surface area contributed by atoms with Gasteiger partial charge in [-0.05, 0) is 36.3 Å². The van der Waals surface area contributed by atoms with Crippen LogP contribution in [0.4, 0.5) is 0 Å². The van der Waals surface area contributed by atoms with Crippen molar-refractivity contribution in [2.75, 3.05) is 0 Å². The molecule has 1 aromatic carbocycles. The van der Waals surface area contributed by atoms with Crippen molar-refractivity contribution in [2.24, 2.45) is 5.92 Å². The molecule has 0 radical (unpaired) electrons.